The van der Waals surface area contributed by atoms with Crippen molar-refractivity contribution in [1.29, 1.82) is 0 Å². The molecule has 0 bridgehead atoms. The average Bonchev–Trinajstić information content (AvgIpc) is 2.76. The number of anilines is 2. The summed E-state index contributed by atoms with van der Waals surface area (Å²) in [6, 6.07) is 14.9. The van der Waals surface area contributed by atoms with Gasteiger partial charge >= 0.3 is 5.69 Å². The molecule has 0 saturated carbocycles. The van der Waals surface area contributed by atoms with Crippen LogP contribution in [0.2, 0.25) is 0 Å². The number of hydrogen-bond donors (Lipinski definition) is 4. The Labute approximate surface area is 178 Å². The van der Waals surface area contributed by atoms with Gasteiger partial charge in [0.25, 0.3) is 11.8 Å². The molecule has 2 amide bonds. The summed E-state index contributed by atoms with van der Waals surface area (Å²) in [6.45, 7) is 0. The van der Waals surface area contributed by atoms with Gasteiger partial charge in [-0.25, -0.2) is 9.97 Å². The van der Waals surface area contributed by atoms with Gasteiger partial charge in [0.1, 0.15) is 6.33 Å². The van der Waals surface area contributed by atoms with Crippen LogP contribution in [-0.2, 0) is 0 Å². The maximum atomic E-state index is 12.3. The van der Waals surface area contributed by atoms with Crippen LogP contribution in [0.15, 0.2) is 65.4 Å². The molecule has 0 fully saturated rings. The van der Waals surface area contributed by atoms with Crippen molar-refractivity contribution in [3.05, 3.63) is 86.6 Å². The fraction of sp³-hybridized carbons (Fsp3) is 0. The van der Waals surface area contributed by atoms with Crippen LogP contribution in [-0.4, -0.2) is 26.7 Å². The van der Waals surface area contributed by atoms with E-state index in [0.29, 0.717) is 15.6 Å². The van der Waals surface area contributed by atoms with Gasteiger partial charge in [0.05, 0.1) is 10.5 Å². The van der Waals surface area contributed by atoms with E-state index in [1.54, 1.807) is 54.6 Å². The second-order valence-corrected chi connectivity index (χ2v) is 6.54. The number of nitrogens with one attached hydrogen (secondary N) is 4. The van der Waals surface area contributed by atoms with Crippen LogP contribution in [0.5, 0.6) is 0 Å². The Kier molecular flexibility index (Phi) is 6.49. The Morgan fingerprint density at radius 2 is 1.43 bits per heavy atom. The summed E-state index contributed by atoms with van der Waals surface area (Å²) in [4.78, 5) is 42.8. The van der Waals surface area contributed by atoms with Crippen molar-refractivity contribution >= 4 is 45.1 Å². The summed E-state index contributed by atoms with van der Waals surface area (Å²) >= 11 is 3.25. The standard InChI is InChI=1S/C18H14BrN7O4/c19-13-9-5-4-8-12(13)18(28)25-23-16-14(26(29)30)15(20-10-21-16)22-24-17(27)11-6-2-1-3-7-11/h1-10H,(H,24,27)(H,25,28)(H2,20,21,22,23). The molecule has 1 aromatic heterocycles. The van der Waals surface area contributed by atoms with E-state index >= 15 is 0 Å². The summed E-state index contributed by atoms with van der Waals surface area (Å²) in [5, 5.41) is 11.5. The summed E-state index contributed by atoms with van der Waals surface area (Å²) in [5.74, 6) is -1.59. The van der Waals surface area contributed by atoms with Crippen LogP contribution >= 0.6 is 15.9 Å². The Morgan fingerprint density at radius 3 is 2.03 bits per heavy atom. The van der Waals surface area contributed by atoms with Crippen LogP contribution in [0.4, 0.5) is 17.3 Å². The fourth-order valence-corrected chi connectivity index (χ4v) is 2.81. The molecule has 152 valence electrons. The minimum Gasteiger partial charge on any atom is -0.276 e. The molecule has 4 N–H and O–H groups in total. The van der Waals surface area contributed by atoms with Gasteiger partial charge in [0.15, 0.2) is 0 Å². The molecule has 3 rings (SSSR count). The summed E-state index contributed by atoms with van der Waals surface area (Å²) in [6.07, 6.45) is 1.04. The Balaban J connectivity index is 1.74. The van der Waals surface area contributed by atoms with Crippen LogP contribution in [0, 0.1) is 10.1 Å². The quantitative estimate of drug-likeness (QED) is 0.303. The molecule has 0 aliphatic carbocycles. The first-order valence-electron chi connectivity index (χ1n) is 8.39. The van der Waals surface area contributed by atoms with Gasteiger partial charge < -0.3 is 0 Å². The summed E-state index contributed by atoms with van der Waals surface area (Å²) in [5.41, 5.74) is 9.59. The lowest BCUT2D eigenvalue weighted by molar-refractivity contribution is -0.383. The van der Waals surface area contributed by atoms with Gasteiger partial charge in [-0.2, -0.15) is 0 Å². The second kappa shape index (κ2) is 9.43. The predicted octanol–water partition coefficient (Wildman–Crippen LogP) is 2.66. The third-order valence-electron chi connectivity index (χ3n) is 3.75. The van der Waals surface area contributed by atoms with E-state index in [4.69, 9.17) is 0 Å². The van der Waals surface area contributed by atoms with E-state index in [0.717, 1.165) is 6.33 Å². The monoisotopic (exact) mass is 471 g/mol. The molecule has 0 atom stereocenters. The van der Waals surface area contributed by atoms with Crippen molar-refractivity contribution in [3.8, 4) is 0 Å². The molecule has 0 unspecified atom stereocenters. The van der Waals surface area contributed by atoms with Crippen molar-refractivity contribution in [2.75, 3.05) is 10.9 Å². The number of nitro groups is 1. The lowest BCUT2D eigenvalue weighted by Gasteiger charge is -2.12. The van der Waals surface area contributed by atoms with Crippen molar-refractivity contribution < 1.29 is 14.5 Å². The lowest BCUT2D eigenvalue weighted by atomic mass is 10.2. The highest BCUT2D eigenvalue weighted by atomic mass is 79.9. The van der Waals surface area contributed by atoms with Crippen molar-refractivity contribution in [2.24, 2.45) is 0 Å². The Morgan fingerprint density at radius 1 is 0.867 bits per heavy atom. The maximum Gasteiger partial charge on any atom is 0.356 e. The topological polar surface area (TPSA) is 151 Å². The van der Waals surface area contributed by atoms with Gasteiger partial charge in [0, 0.05) is 10.0 Å². The molecule has 3 aromatic rings. The number of nitrogens with zero attached hydrogens (tertiary/aromatic N) is 3. The van der Waals surface area contributed by atoms with Crippen LogP contribution in [0.3, 0.4) is 0 Å². The molecule has 11 nitrogen and oxygen atoms in total. The first-order valence-corrected chi connectivity index (χ1v) is 9.18. The van der Waals surface area contributed by atoms with Gasteiger partial charge in [-0.3, -0.25) is 41.4 Å². The van der Waals surface area contributed by atoms with Gasteiger partial charge in [0.2, 0.25) is 11.6 Å². The summed E-state index contributed by atoms with van der Waals surface area (Å²) < 4.78 is 0.549. The number of carbonyl (C=O) groups excluding carboxylic acids is 2. The Hall–Kier alpha value is -4.06. The average molecular weight is 472 g/mol. The van der Waals surface area contributed by atoms with Crippen LogP contribution in [0.1, 0.15) is 20.7 Å². The van der Waals surface area contributed by atoms with Crippen LogP contribution in [0.25, 0.3) is 0 Å². The number of halogens is 1. The number of carbonyl (C=O) groups is 2. The third kappa shape index (κ3) is 4.86. The molecular formula is C18H14BrN7O4. The van der Waals surface area contributed by atoms with E-state index in [2.05, 4.69) is 47.6 Å². The molecule has 2 aromatic carbocycles. The highest BCUT2D eigenvalue weighted by Crippen LogP contribution is 2.28. The zero-order chi connectivity index (χ0) is 21.5. The minimum atomic E-state index is -0.746. The van der Waals surface area contributed by atoms with Crippen molar-refractivity contribution in [3.63, 3.8) is 0 Å². The molecule has 0 radical (unpaired) electrons. The SMILES string of the molecule is O=C(NNc1ncnc(NNC(=O)c2ccccc2Br)c1[N+](=O)[O-])c1ccccc1. The molecule has 0 spiro atoms. The van der Waals surface area contributed by atoms with Crippen LogP contribution < -0.4 is 21.7 Å². The van der Waals surface area contributed by atoms with Gasteiger partial charge in [-0.05, 0) is 40.2 Å². The van der Waals surface area contributed by atoms with Gasteiger partial charge in [-0.1, -0.05) is 30.3 Å². The number of hydrogen-bond acceptors (Lipinski definition) is 8. The third-order valence-corrected chi connectivity index (χ3v) is 4.44. The maximum absolute atomic E-state index is 12.3. The molecule has 30 heavy (non-hydrogen) atoms. The van der Waals surface area contributed by atoms with E-state index in [-0.39, 0.29) is 11.6 Å². The lowest BCUT2D eigenvalue weighted by Crippen LogP contribution is -2.32. The molecule has 0 saturated heterocycles. The predicted molar refractivity (Wildman–Crippen MR) is 111 cm³/mol. The molecule has 12 heteroatoms. The highest BCUT2D eigenvalue weighted by Gasteiger charge is 2.24. The van der Waals surface area contributed by atoms with Crippen molar-refractivity contribution in [2.45, 2.75) is 0 Å². The highest BCUT2D eigenvalue weighted by molar-refractivity contribution is 9.10. The van der Waals surface area contributed by atoms with E-state index in [1.807, 2.05) is 0 Å². The first-order chi connectivity index (χ1) is 14.5. The molecular weight excluding hydrogens is 458 g/mol. The molecule has 1 heterocycles. The van der Waals surface area contributed by atoms with Crippen molar-refractivity contribution in [1.82, 2.24) is 20.8 Å². The van der Waals surface area contributed by atoms with E-state index in [9.17, 15) is 19.7 Å². The zero-order valence-corrected chi connectivity index (χ0v) is 16.7. The number of hydrazine groups is 2. The molecule has 0 aliphatic heterocycles. The second-order valence-electron chi connectivity index (χ2n) is 5.68. The smallest absolute Gasteiger partial charge is 0.276 e. The fourth-order valence-electron chi connectivity index (χ4n) is 2.34. The van der Waals surface area contributed by atoms with E-state index in [1.165, 1.54) is 0 Å². The largest absolute Gasteiger partial charge is 0.356 e. The number of benzene rings is 2. The Bertz CT molecular complexity index is 1090. The van der Waals surface area contributed by atoms with Gasteiger partial charge in [-0.15, -0.1) is 0 Å². The molecule has 0 aliphatic rings. The number of rotatable bonds is 7. The first kappa shape index (κ1) is 20.7. The zero-order valence-electron chi connectivity index (χ0n) is 15.1. The number of aromatic nitrogens is 2. The normalized spacial score (nSPS) is 10.0. The minimum absolute atomic E-state index is 0.267. The summed E-state index contributed by atoms with van der Waals surface area (Å²) in [7, 11) is 0. The van der Waals surface area contributed by atoms with E-state index < -0.39 is 22.4 Å². The number of amides is 2.